The lowest BCUT2D eigenvalue weighted by atomic mass is 10.1. The molecule has 0 radical (unpaired) electrons. The van der Waals surface area contributed by atoms with Crippen molar-refractivity contribution >= 4 is 23.5 Å². The number of carbonyl (C=O) groups excluding carboxylic acids is 1. The molecule has 1 N–H and O–H groups in total. The molecule has 0 spiro atoms. The number of carbonyl (C=O) groups is 1. The number of nitrogens with zero attached hydrogens (tertiary/aromatic N) is 4. The van der Waals surface area contributed by atoms with Gasteiger partial charge in [0.1, 0.15) is 11.9 Å². The molecule has 2 aliphatic heterocycles. The van der Waals surface area contributed by atoms with Crippen LogP contribution in [0.2, 0.25) is 0 Å². The lowest BCUT2D eigenvalue weighted by molar-refractivity contribution is -0.131. The maximum absolute atomic E-state index is 12.8. The first-order valence-electron chi connectivity index (χ1n) is 9.51. The van der Waals surface area contributed by atoms with Gasteiger partial charge in [-0.15, -0.1) is 11.8 Å². The maximum Gasteiger partial charge on any atom is 0.240 e. The summed E-state index contributed by atoms with van der Waals surface area (Å²) in [6.07, 6.45) is 2.37. The number of benzene rings is 1. The fraction of sp³-hybridized carbons (Fsp3) is 0.381. The van der Waals surface area contributed by atoms with Crippen LogP contribution in [0.15, 0.2) is 48.7 Å². The number of hydrogen-bond acceptors (Lipinski definition) is 6. The van der Waals surface area contributed by atoms with Crippen molar-refractivity contribution in [1.29, 1.82) is 5.26 Å². The Balaban J connectivity index is 1.53. The Morgan fingerprint density at radius 2 is 2.18 bits per heavy atom. The van der Waals surface area contributed by atoms with Crippen LogP contribution in [0.3, 0.4) is 0 Å². The molecule has 1 aromatic heterocycles. The fourth-order valence-corrected chi connectivity index (χ4v) is 4.71. The fourth-order valence-electron chi connectivity index (χ4n) is 3.75. The van der Waals surface area contributed by atoms with E-state index in [4.69, 9.17) is 5.26 Å². The number of pyridine rings is 1. The van der Waals surface area contributed by atoms with Gasteiger partial charge >= 0.3 is 0 Å². The molecular weight excluding hydrogens is 370 g/mol. The van der Waals surface area contributed by atoms with Gasteiger partial charge in [0.15, 0.2) is 0 Å². The molecule has 2 aromatic rings. The number of amides is 1. The summed E-state index contributed by atoms with van der Waals surface area (Å²) < 4.78 is 0. The molecule has 6 nitrogen and oxygen atoms in total. The number of nitrogens with one attached hydrogen (secondary N) is 1. The Morgan fingerprint density at radius 1 is 1.32 bits per heavy atom. The molecule has 2 aliphatic rings. The van der Waals surface area contributed by atoms with Crippen LogP contribution < -0.4 is 10.2 Å². The summed E-state index contributed by atoms with van der Waals surface area (Å²) in [5.41, 5.74) is 1.74. The molecule has 28 heavy (non-hydrogen) atoms. The van der Waals surface area contributed by atoms with Gasteiger partial charge in [-0.25, -0.2) is 4.98 Å². The van der Waals surface area contributed by atoms with Crippen LogP contribution in [-0.4, -0.2) is 52.6 Å². The molecule has 3 heterocycles. The Bertz CT molecular complexity index is 845. The first-order valence-corrected chi connectivity index (χ1v) is 10.7. The molecule has 4 rings (SSSR count). The summed E-state index contributed by atoms with van der Waals surface area (Å²) >= 11 is 1.81. The van der Waals surface area contributed by atoms with Gasteiger partial charge in [0.2, 0.25) is 5.91 Å². The zero-order valence-corrected chi connectivity index (χ0v) is 16.4. The van der Waals surface area contributed by atoms with Crippen molar-refractivity contribution in [2.45, 2.75) is 25.0 Å². The Hall–Kier alpha value is -2.56. The van der Waals surface area contributed by atoms with E-state index < -0.39 is 0 Å². The molecule has 0 aliphatic carbocycles. The number of anilines is 1. The van der Waals surface area contributed by atoms with Crippen LogP contribution in [0.5, 0.6) is 0 Å². The van der Waals surface area contributed by atoms with Gasteiger partial charge < -0.3 is 15.1 Å². The second-order valence-corrected chi connectivity index (χ2v) is 8.19. The second kappa shape index (κ2) is 8.63. The highest BCUT2D eigenvalue weighted by molar-refractivity contribution is 7.99. The molecule has 2 atom stereocenters. The highest BCUT2D eigenvalue weighted by Gasteiger charge is 2.36. The van der Waals surface area contributed by atoms with Crippen molar-refractivity contribution in [3.8, 4) is 6.07 Å². The summed E-state index contributed by atoms with van der Waals surface area (Å²) in [6, 6.07) is 16.1. The predicted octanol–water partition coefficient (Wildman–Crippen LogP) is 2.22. The lowest BCUT2D eigenvalue weighted by Gasteiger charge is -2.30. The van der Waals surface area contributed by atoms with E-state index in [0.717, 1.165) is 37.0 Å². The smallest absolute Gasteiger partial charge is 0.240 e. The van der Waals surface area contributed by atoms with Gasteiger partial charge in [-0.05, 0) is 24.1 Å². The highest BCUT2D eigenvalue weighted by Crippen LogP contribution is 2.25. The minimum Gasteiger partial charge on any atom is -0.348 e. The van der Waals surface area contributed by atoms with Crippen LogP contribution in [0.4, 0.5) is 5.82 Å². The minimum atomic E-state index is -0.139. The average Bonchev–Trinajstić information content (AvgIpc) is 3.45. The monoisotopic (exact) mass is 393 g/mol. The van der Waals surface area contributed by atoms with Crippen LogP contribution >= 0.6 is 11.8 Å². The molecule has 144 valence electrons. The topological polar surface area (TPSA) is 72.3 Å². The number of aromatic nitrogens is 1. The standard InChI is InChI=1S/C21H23N5OS/c22-11-17-6-7-20(24-12-17)26(14-16-4-2-1-3-5-16)18-10-19(23-13-18)21(27)25-8-9-28-15-25/h1-7,12,18-19,23H,8-10,13-15H2/t18-,19-/m0/s1. The highest BCUT2D eigenvalue weighted by atomic mass is 32.2. The predicted molar refractivity (Wildman–Crippen MR) is 111 cm³/mol. The molecule has 7 heteroatoms. The quantitative estimate of drug-likeness (QED) is 0.840. The summed E-state index contributed by atoms with van der Waals surface area (Å²) in [7, 11) is 0. The van der Waals surface area contributed by atoms with E-state index in [2.05, 4.69) is 33.4 Å². The Morgan fingerprint density at radius 3 is 2.86 bits per heavy atom. The number of rotatable bonds is 5. The normalized spacial score (nSPS) is 21.5. The van der Waals surface area contributed by atoms with E-state index in [1.807, 2.05) is 40.9 Å². The largest absolute Gasteiger partial charge is 0.348 e. The van der Waals surface area contributed by atoms with Gasteiger partial charge in [0, 0.05) is 37.6 Å². The molecule has 1 aromatic carbocycles. The third kappa shape index (κ3) is 4.13. The van der Waals surface area contributed by atoms with Gasteiger partial charge in [-0.2, -0.15) is 5.26 Å². The third-order valence-electron chi connectivity index (χ3n) is 5.28. The van der Waals surface area contributed by atoms with Gasteiger partial charge in [0.25, 0.3) is 0 Å². The van der Waals surface area contributed by atoms with Crippen molar-refractivity contribution in [3.05, 3.63) is 59.8 Å². The molecule has 2 saturated heterocycles. The summed E-state index contributed by atoms with van der Waals surface area (Å²) in [4.78, 5) is 21.5. The molecule has 0 unspecified atom stereocenters. The molecule has 0 saturated carbocycles. The zero-order chi connectivity index (χ0) is 19.3. The SMILES string of the molecule is N#Cc1ccc(N(Cc2ccccc2)[C@@H]2CN[C@H](C(=O)N3CCSC3)C2)nc1. The molecule has 1 amide bonds. The number of nitriles is 1. The zero-order valence-electron chi connectivity index (χ0n) is 15.6. The molecule has 2 fully saturated rings. The summed E-state index contributed by atoms with van der Waals surface area (Å²) in [6.45, 7) is 2.30. The molecular formula is C21H23N5OS. The van der Waals surface area contributed by atoms with E-state index in [9.17, 15) is 4.79 Å². The number of hydrogen-bond donors (Lipinski definition) is 1. The second-order valence-electron chi connectivity index (χ2n) is 7.12. The number of thioether (sulfide) groups is 1. The van der Waals surface area contributed by atoms with Crippen molar-refractivity contribution in [3.63, 3.8) is 0 Å². The van der Waals surface area contributed by atoms with E-state index in [0.29, 0.717) is 12.1 Å². The van der Waals surface area contributed by atoms with Crippen molar-refractivity contribution in [2.75, 3.05) is 29.6 Å². The third-order valence-corrected chi connectivity index (χ3v) is 6.24. The van der Waals surface area contributed by atoms with Crippen molar-refractivity contribution < 1.29 is 4.79 Å². The van der Waals surface area contributed by atoms with Crippen LogP contribution in [0.1, 0.15) is 17.5 Å². The van der Waals surface area contributed by atoms with Crippen LogP contribution in [-0.2, 0) is 11.3 Å². The van der Waals surface area contributed by atoms with Gasteiger partial charge in [-0.1, -0.05) is 30.3 Å². The minimum absolute atomic E-state index is 0.139. The lowest BCUT2D eigenvalue weighted by Crippen LogP contribution is -2.42. The van der Waals surface area contributed by atoms with Gasteiger partial charge in [-0.3, -0.25) is 4.79 Å². The van der Waals surface area contributed by atoms with Crippen molar-refractivity contribution in [2.24, 2.45) is 0 Å². The van der Waals surface area contributed by atoms with E-state index >= 15 is 0 Å². The van der Waals surface area contributed by atoms with E-state index in [-0.39, 0.29) is 18.0 Å². The Kier molecular flexibility index (Phi) is 5.79. The van der Waals surface area contributed by atoms with Crippen LogP contribution in [0.25, 0.3) is 0 Å². The van der Waals surface area contributed by atoms with Gasteiger partial charge in [0.05, 0.1) is 17.5 Å². The molecule has 0 bridgehead atoms. The average molecular weight is 394 g/mol. The Labute approximate surface area is 169 Å². The first kappa shape index (κ1) is 18.8. The first-order chi connectivity index (χ1) is 13.7. The van der Waals surface area contributed by atoms with Crippen molar-refractivity contribution in [1.82, 2.24) is 15.2 Å². The van der Waals surface area contributed by atoms with E-state index in [1.165, 1.54) is 5.56 Å². The summed E-state index contributed by atoms with van der Waals surface area (Å²) in [5, 5.41) is 12.5. The summed E-state index contributed by atoms with van der Waals surface area (Å²) in [5.74, 6) is 2.86. The van der Waals surface area contributed by atoms with Crippen LogP contribution in [0, 0.1) is 11.3 Å². The maximum atomic E-state index is 12.8. The van der Waals surface area contributed by atoms with E-state index in [1.54, 1.807) is 12.3 Å².